The molecule has 1 aliphatic heterocycles. The van der Waals surface area contributed by atoms with Crippen molar-refractivity contribution < 1.29 is 23.5 Å². The van der Waals surface area contributed by atoms with E-state index in [0.29, 0.717) is 11.1 Å². The van der Waals surface area contributed by atoms with E-state index in [0.717, 1.165) is 16.7 Å². The van der Waals surface area contributed by atoms with Gasteiger partial charge >= 0.3 is 5.97 Å². The quantitative estimate of drug-likeness (QED) is 0.553. The van der Waals surface area contributed by atoms with Crippen LogP contribution in [-0.4, -0.2) is 29.1 Å². The molecule has 27 heavy (non-hydrogen) atoms. The summed E-state index contributed by atoms with van der Waals surface area (Å²) >= 11 is 6.74. The number of ether oxygens (including phenoxy) is 1. The van der Waals surface area contributed by atoms with E-state index in [1.807, 2.05) is 0 Å². The first-order chi connectivity index (χ1) is 12.9. The molecule has 1 heterocycles. The Kier molecular flexibility index (Phi) is 5.62. The number of hydrogen-bond donors (Lipinski definition) is 0. The van der Waals surface area contributed by atoms with Crippen molar-refractivity contribution >= 4 is 46.6 Å². The van der Waals surface area contributed by atoms with Crippen LogP contribution in [0.25, 0.3) is 6.08 Å². The van der Waals surface area contributed by atoms with E-state index in [9.17, 15) is 18.8 Å². The van der Waals surface area contributed by atoms with Gasteiger partial charge in [0.05, 0.1) is 24.1 Å². The van der Waals surface area contributed by atoms with Crippen LogP contribution in [0.5, 0.6) is 0 Å². The molecule has 2 aromatic carbocycles. The lowest BCUT2D eigenvalue weighted by molar-refractivity contribution is -0.123. The Morgan fingerprint density at radius 1 is 1.22 bits per heavy atom. The number of methoxy groups -OCH3 is 1. The van der Waals surface area contributed by atoms with Crippen LogP contribution in [0.1, 0.15) is 21.5 Å². The SMILES string of the molecule is COC(=O)c1ccc(/C=C2\SC(=O)N(Cc3c(F)cccc3Cl)C2=O)cc1. The summed E-state index contributed by atoms with van der Waals surface area (Å²) in [4.78, 5) is 37.3. The van der Waals surface area contributed by atoms with E-state index >= 15 is 0 Å². The highest BCUT2D eigenvalue weighted by molar-refractivity contribution is 8.18. The van der Waals surface area contributed by atoms with Gasteiger partial charge in [0.1, 0.15) is 5.82 Å². The van der Waals surface area contributed by atoms with Gasteiger partial charge in [0.25, 0.3) is 11.1 Å². The minimum atomic E-state index is -0.580. The molecule has 1 saturated heterocycles. The summed E-state index contributed by atoms with van der Waals surface area (Å²) in [6.07, 6.45) is 1.54. The van der Waals surface area contributed by atoms with Gasteiger partial charge in [0.2, 0.25) is 0 Å². The highest BCUT2D eigenvalue weighted by atomic mass is 35.5. The molecule has 2 aromatic rings. The van der Waals surface area contributed by atoms with Crippen molar-refractivity contribution in [3.05, 3.63) is 74.9 Å². The first-order valence-corrected chi connectivity index (χ1v) is 8.97. The average molecular weight is 406 g/mol. The minimum absolute atomic E-state index is 0.0881. The first-order valence-electron chi connectivity index (χ1n) is 7.77. The monoisotopic (exact) mass is 405 g/mol. The molecule has 0 aliphatic carbocycles. The third-order valence-electron chi connectivity index (χ3n) is 3.88. The number of benzene rings is 2. The van der Waals surface area contributed by atoms with Crippen molar-refractivity contribution in [2.45, 2.75) is 6.54 Å². The number of carbonyl (C=O) groups excluding carboxylic acids is 3. The van der Waals surface area contributed by atoms with E-state index in [-0.39, 0.29) is 22.0 Å². The maximum Gasteiger partial charge on any atom is 0.337 e. The van der Waals surface area contributed by atoms with Gasteiger partial charge in [-0.2, -0.15) is 0 Å². The lowest BCUT2D eigenvalue weighted by Crippen LogP contribution is -2.28. The summed E-state index contributed by atoms with van der Waals surface area (Å²) in [5.74, 6) is -1.58. The van der Waals surface area contributed by atoms with Crippen molar-refractivity contribution in [3.8, 4) is 0 Å². The number of amides is 2. The predicted molar refractivity (Wildman–Crippen MR) is 101 cm³/mol. The van der Waals surface area contributed by atoms with Crippen LogP contribution in [0.3, 0.4) is 0 Å². The number of imide groups is 1. The Labute approximate surface area is 163 Å². The van der Waals surface area contributed by atoms with Crippen LogP contribution in [0, 0.1) is 5.82 Å². The van der Waals surface area contributed by atoms with Gasteiger partial charge in [-0.1, -0.05) is 29.8 Å². The van der Waals surface area contributed by atoms with Gasteiger partial charge in [-0.15, -0.1) is 0 Å². The molecule has 0 unspecified atom stereocenters. The fourth-order valence-electron chi connectivity index (χ4n) is 2.46. The summed E-state index contributed by atoms with van der Waals surface area (Å²) in [5.41, 5.74) is 1.10. The number of nitrogens with zero attached hydrogens (tertiary/aromatic N) is 1. The zero-order valence-electron chi connectivity index (χ0n) is 14.1. The van der Waals surface area contributed by atoms with Crippen LogP contribution >= 0.6 is 23.4 Å². The largest absolute Gasteiger partial charge is 0.465 e. The Morgan fingerprint density at radius 2 is 1.93 bits per heavy atom. The molecular weight excluding hydrogens is 393 g/mol. The van der Waals surface area contributed by atoms with Crippen LogP contribution in [-0.2, 0) is 16.1 Å². The van der Waals surface area contributed by atoms with Crippen LogP contribution in [0.15, 0.2) is 47.4 Å². The van der Waals surface area contributed by atoms with E-state index in [1.165, 1.54) is 31.4 Å². The van der Waals surface area contributed by atoms with Gasteiger partial charge in [0.15, 0.2) is 0 Å². The van der Waals surface area contributed by atoms with E-state index < -0.39 is 22.9 Å². The van der Waals surface area contributed by atoms with E-state index in [1.54, 1.807) is 24.3 Å². The molecule has 138 valence electrons. The number of esters is 1. The summed E-state index contributed by atoms with van der Waals surface area (Å²) in [6, 6.07) is 10.5. The van der Waals surface area contributed by atoms with Gasteiger partial charge in [-0.3, -0.25) is 14.5 Å². The maximum absolute atomic E-state index is 13.9. The highest BCUT2D eigenvalue weighted by Crippen LogP contribution is 2.34. The van der Waals surface area contributed by atoms with Crippen molar-refractivity contribution in [1.82, 2.24) is 4.90 Å². The molecule has 8 heteroatoms. The molecule has 0 spiro atoms. The lowest BCUT2D eigenvalue weighted by Gasteiger charge is -2.14. The molecule has 1 aliphatic rings. The third kappa shape index (κ3) is 4.04. The topological polar surface area (TPSA) is 63.7 Å². The van der Waals surface area contributed by atoms with Crippen molar-refractivity contribution in [1.29, 1.82) is 0 Å². The van der Waals surface area contributed by atoms with Crippen LogP contribution in [0.2, 0.25) is 5.02 Å². The Balaban J connectivity index is 1.81. The fraction of sp³-hybridized carbons (Fsp3) is 0.105. The molecule has 3 rings (SSSR count). The second kappa shape index (κ2) is 7.94. The second-order valence-corrected chi connectivity index (χ2v) is 6.98. The van der Waals surface area contributed by atoms with Gasteiger partial charge in [-0.05, 0) is 47.7 Å². The molecule has 0 N–H and O–H groups in total. The smallest absolute Gasteiger partial charge is 0.337 e. The normalized spacial score (nSPS) is 15.5. The molecule has 0 atom stereocenters. The maximum atomic E-state index is 13.9. The fourth-order valence-corrected chi connectivity index (χ4v) is 3.52. The van der Waals surface area contributed by atoms with Crippen LogP contribution < -0.4 is 0 Å². The molecule has 0 saturated carbocycles. The molecule has 0 radical (unpaired) electrons. The zero-order chi connectivity index (χ0) is 19.6. The molecule has 5 nitrogen and oxygen atoms in total. The summed E-state index contributed by atoms with van der Waals surface area (Å²) in [7, 11) is 1.29. The van der Waals surface area contributed by atoms with Gasteiger partial charge in [-0.25, -0.2) is 9.18 Å². The Hall–Kier alpha value is -2.64. The summed E-state index contributed by atoms with van der Waals surface area (Å²) in [5, 5.41) is -0.354. The summed E-state index contributed by atoms with van der Waals surface area (Å²) < 4.78 is 18.6. The standard InChI is InChI=1S/C19H13ClFNO4S/c1-26-18(24)12-7-5-11(6-8-12)9-16-17(23)22(19(25)27-16)10-13-14(20)3-2-4-15(13)21/h2-9H,10H2,1H3/b16-9-. The van der Waals surface area contributed by atoms with Crippen molar-refractivity contribution in [2.24, 2.45) is 0 Å². The van der Waals surface area contributed by atoms with E-state index in [4.69, 9.17) is 11.6 Å². The van der Waals surface area contributed by atoms with Gasteiger partial charge in [0, 0.05) is 10.6 Å². The number of rotatable bonds is 4. The van der Waals surface area contributed by atoms with Gasteiger partial charge < -0.3 is 4.74 Å². The first kappa shape index (κ1) is 19.1. The lowest BCUT2D eigenvalue weighted by atomic mass is 10.1. The molecular formula is C19H13ClFNO4S. The van der Waals surface area contributed by atoms with Crippen molar-refractivity contribution in [2.75, 3.05) is 7.11 Å². The second-order valence-electron chi connectivity index (χ2n) is 5.58. The van der Waals surface area contributed by atoms with E-state index in [2.05, 4.69) is 4.74 Å². The van der Waals surface area contributed by atoms with Crippen molar-refractivity contribution in [3.63, 3.8) is 0 Å². The number of carbonyl (C=O) groups is 3. The zero-order valence-corrected chi connectivity index (χ0v) is 15.6. The number of halogens is 2. The summed E-state index contributed by atoms with van der Waals surface area (Å²) in [6.45, 7) is -0.241. The Bertz CT molecular complexity index is 938. The van der Waals surface area contributed by atoms with Crippen LogP contribution in [0.4, 0.5) is 9.18 Å². The molecule has 0 aromatic heterocycles. The number of thioether (sulfide) groups is 1. The third-order valence-corrected chi connectivity index (χ3v) is 5.14. The molecule has 2 amide bonds. The minimum Gasteiger partial charge on any atom is -0.465 e. The highest BCUT2D eigenvalue weighted by Gasteiger charge is 2.35. The molecule has 1 fully saturated rings. The molecule has 0 bridgehead atoms. The number of hydrogen-bond acceptors (Lipinski definition) is 5. The average Bonchev–Trinajstić information content (AvgIpc) is 2.91. The predicted octanol–water partition coefficient (Wildman–Crippen LogP) is 4.50. The Morgan fingerprint density at radius 3 is 2.56 bits per heavy atom.